The predicted molar refractivity (Wildman–Crippen MR) is 295 cm³/mol. The molecular weight excluding hydrogens is 948 g/mol. The van der Waals surface area contributed by atoms with Crippen LogP contribution in [0.4, 0.5) is 0 Å². The van der Waals surface area contributed by atoms with E-state index in [1.807, 2.05) is 0 Å². The van der Waals surface area contributed by atoms with Crippen LogP contribution >= 0.6 is 7.82 Å². The average molecular weight is 1060 g/mol. The van der Waals surface area contributed by atoms with Crippen LogP contribution in [0.25, 0.3) is 0 Å². The number of rotatable bonds is 52. The lowest BCUT2D eigenvalue weighted by Gasteiger charge is -2.41. The van der Waals surface area contributed by atoms with E-state index < -0.39 is 75.7 Å². The fraction of sp³-hybridized carbons (Fsp3) is 0.898. The number of esters is 2. The molecule has 0 aromatic carbocycles. The molecule has 1 rings (SSSR count). The van der Waals surface area contributed by atoms with Gasteiger partial charge in [0.25, 0.3) is 0 Å². The molecule has 1 aliphatic carbocycles. The van der Waals surface area contributed by atoms with E-state index in [0.29, 0.717) is 12.8 Å². The van der Waals surface area contributed by atoms with Crippen molar-refractivity contribution >= 4 is 19.8 Å². The van der Waals surface area contributed by atoms with Gasteiger partial charge in [0.1, 0.15) is 43.2 Å². The van der Waals surface area contributed by atoms with Gasteiger partial charge in [-0.05, 0) is 44.9 Å². The number of allylic oxidation sites excluding steroid dienone is 4. The summed E-state index contributed by atoms with van der Waals surface area (Å²) in [4.78, 5) is 36.0. The summed E-state index contributed by atoms with van der Waals surface area (Å²) in [6.07, 6.45) is 45.1. The second-order valence-corrected chi connectivity index (χ2v) is 22.6. The summed E-state index contributed by atoms with van der Waals surface area (Å²) >= 11 is 0. The Bertz CT molecular complexity index is 1360. The molecule has 1 fully saturated rings. The zero-order chi connectivity index (χ0) is 53.5. The quantitative estimate of drug-likeness (QED) is 0.0145. The summed E-state index contributed by atoms with van der Waals surface area (Å²) in [5.41, 5.74) is 0. The minimum atomic E-state index is -5.13. The Morgan fingerprint density at radius 3 is 1.11 bits per heavy atom. The molecular formula is C59H111O13P. The number of aliphatic hydroxyl groups is 5. The van der Waals surface area contributed by atoms with E-state index in [1.165, 1.54) is 186 Å². The van der Waals surface area contributed by atoms with E-state index in [2.05, 4.69) is 38.2 Å². The van der Waals surface area contributed by atoms with E-state index in [-0.39, 0.29) is 12.8 Å². The first-order valence-electron chi connectivity index (χ1n) is 30.1. The summed E-state index contributed by atoms with van der Waals surface area (Å²) in [6, 6.07) is 0. The topological polar surface area (TPSA) is 210 Å². The highest BCUT2D eigenvalue weighted by atomic mass is 31.2. The number of carbonyl (C=O) groups is 2. The molecule has 0 aromatic heterocycles. The largest absolute Gasteiger partial charge is 0.472 e. The first kappa shape index (κ1) is 69.3. The van der Waals surface area contributed by atoms with Gasteiger partial charge in [-0.2, -0.15) is 0 Å². The Balaban J connectivity index is 2.31. The maximum absolute atomic E-state index is 12.9. The second kappa shape index (κ2) is 48.7. The molecule has 0 radical (unpaired) electrons. The number of phosphoric ester groups is 1. The lowest BCUT2D eigenvalue weighted by molar-refractivity contribution is -0.220. The van der Waals surface area contributed by atoms with Gasteiger partial charge in [0.2, 0.25) is 0 Å². The molecule has 6 N–H and O–H groups in total. The zero-order valence-corrected chi connectivity index (χ0v) is 47.3. The third kappa shape index (κ3) is 40.2. The molecule has 1 saturated carbocycles. The molecule has 0 aliphatic heterocycles. The molecule has 13 nitrogen and oxygen atoms in total. The maximum atomic E-state index is 12.9. The number of phosphoric acid groups is 1. The van der Waals surface area contributed by atoms with E-state index in [9.17, 15) is 44.6 Å². The maximum Gasteiger partial charge on any atom is 0.472 e. The van der Waals surface area contributed by atoms with E-state index in [1.54, 1.807) is 0 Å². The summed E-state index contributed by atoms with van der Waals surface area (Å²) in [5, 5.41) is 50.4. The number of unbranched alkanes of at least 4 members (excludes halogenated alkanes) is 36. The molecule has 6 unspecified atom stereocenters. The third-order valence-corrected chi connectivity index (χ3v) is 15.3. The molecule has 1 aliphatic rings. The van der Waals surface area contributed by atoms with Crippen LogP contribution in [0.5, 0.6) is 0 Å². The van der Waals surface area contributed by atoms with E-state index in [4.69, 9.17) is 18.5 Å². The Labute approximate surface area is 445 Å². The fourth-order valence-electron chi connectivity index (χ4n) is 9.50. The first-order chi connectivity index (χ1) is 35.4. The molecule has 0 heterocycles. The van der Waals surface area contributed by atoms with Crippen LogP contribution in [-0.4, -0.2) is 98.3 Å². The van der Waals surface area contributed by atoms with Crippen molar-refractivity contribution < 1.29 is 63.1 Å². The van der Waals surface area contributed by atoms with Crippen LogP contribution < -0.4 is 0 Å². The van der Waals surface area contributed by atoms with Crippen LogP contribution in [-0.2, 0) is 32.7 Å². The van der Waals surface area contributed by atoms with Crippen molar-refractivity contribution in [2.75, 3.05) is 13.2 Å². The molecule has 14 heteroatoms. The first-order valence-corrected chi connectivity index (χ1v) is 31.6. The number of hydrogen-bond acceptors (Lipinski definition) is 12. The van der Waals surface area contributed by atoms with E-state index >= 15 is 0 Å². The van der Waals surface area contributed by atoms with Crippen LogP contribution in [0, 0.1) is 0 Å². The summed E-state index contributed by atoms with van der Waals surface area (Å²) in [6.45, 7) is 3.36. The Hall–Kier alpha value is -1.67. The fourth-order valence-corrected chi connectivity index (χ4v) is 10.5. The van der Waals surface area contributed by atoms with Crippen LogP contribution in [0.3, 0.4) is 0 Å². The summed E-state index contributed by atoms with van der Waals surface area (Å²) in [5.74, 6) is -1.08. The van der Waals surface area contributed by atoms with Crippen molar-refractivity contribution in [2.24, 2.45) is 0 Å². The monoisotopic (exact) mass is 1060 g/mol. The van der Waals surface area contributed by atoms with Gasteiger partial charge in [-0.25, -0.2) is 4.57 Å². The van der Waals surface area contributed by atoms with Gasteiger partial charge >= 0.3 is 19.8 Å². The molecule has 0 amide bonds. The van der Waals surface area contributed by atoms with Gasteiger partial charge in [0.05, 0.1) is 6.61 Å². The van der Waals surface area contributed by atoms with Crippen LogP contribution in [0.2, 0.25) is 0 Å². The van der Waals surface area contributed by atoms with Crippen LogP contribution in [0.1, 0.15) is 284 Å². The third-order valence-electron chi connectivity index (χ3n) is 14.3. The van der Waals surface area contributed by atoms with Gasteiger partial charge < -0.3 is 39.9 Å². The summed E-state index contributed by atoms with van der Waals surface area (Å²) in [7, 11) is -5.13. The second-order valence-electron chi connectivity index (χ2n) is 21.2. The number of carbonyl (C=O) groups excluding carboxylic acids is 2. The van der Waals surface area contributed by atoms with Crippen molar-refractivity contribution in [3.05, 3.63) is 24.3 Å². The standard InChI is InChI=1S/C59H111O13P/c1-3-5-7-9-11-13-15-17-19-21-23-25-26-28-30-32-34-36-38-40-42-44-46-48-53(61)71-51(50-70-73(67,68)72-59-57(65)55(63)54(62)56(64)58(59)66)49-69-52(60)47-45-43-41-39-37-35-33-31-29-27-24-22-20-18-16-14-12-10-8-6-4-2/h15,17,21,23,51,54-59,62-66H,3-14,16,18-20,22,24-50H2,1-2H3,(H,67,68)/b17-15-,23-21-. The summed E-state index contributed by atoms with van der Waals surface area (Å²) < 4.78 is 33.8. The highest BCUT2D eigenvalue weighted by molar-refractivity contribution is 7.47. The molecule has 0 bridgehead atoms. The number of ether oxygens (including phenoxy) is 2. The lowest BCUT2D eigenvalue weighted by Crippen LogP contribution is -2.64. The van der Waals surface area contributed by atoms with Gasteiger partial charge in [-0.3, -0.25) is 18.6 Å². The van der Waals surface area contributed by atoms with Crippen molar-refractivity contribution in [3.8, 4) is 0 Å². The number of hydrogen-bond donors (Lipinski definition) is 6. The van der Waals surface area contributed by atoms with Crippen molar-refractivity contribution in [2.45, 2.75) is 326 Å². The van der Waals surface area contributed by atoms with Crippen molar-refractivity contribution in [1.29, 1.82) is 0 Å². The predicted octanol–water partition coefficient (Wildman–Crippen LogP) is 14.3. The zero-order valence-electron chi connectivity index (χ0n) is 46.5. The number of aliphatic hydroxyl groups excluding tert-OH is 5. The molecule has 0 spiro atoms. The normalized spacial score (nSPS) is 20.5. The highest BCUT2D eigenvalue weighted by Crippen LogP contribution is 2.47. The lowest BCUT2D eigenvalue weighted by atomic mass is 9.85. The van der Waals surface area contributed by atoms with Gasteiger partial charge in [0, 0.05) is 12.8 Å². The Morgan fingerprint density at radius 1 is 0.425 bits per heavy atom. The van der Waals surface area contributed by atoms with Crippen LogP contribution in [0.15, 0.2) is 24.3 Å². The van der Waals surface area contributed by atoms with Gasteiger partial charge in [0.15, 0.2) is 6.10 Å². The average Bonchev–Trinajstić information content (AvgIpc) is 3.37. The van der Waals surface area contributed by atoms with Crippen molar-refractivity contribution in [1.82, 2.24) is 0 Å². The Kier molecular flexibility index (Phi) is 46.2. The molecule has 73 heavy (non-hydrogen) atoms. The molecule has 430 valence electrons. The molecule has 0 saturated heterocycles. The smallest absolute Gasteiger partial charge is 0.462 e. The van der Waals surface area contributed by atoms with Crippen molar-refractivity contribution in [3.63, 3.8) is 0 Å². The van der Waals surface area contributed by atoms with E-state index in [0.717, 1.165) is 57.8 Å². The minimum absolute atomic E-state index is 0.0980. The Morgan fingerprint density at radius 2 is 0.740 bits per heavy atom. The van der Waals surface area contributed by atoms with Gasteiger partial charge in [-0.15, -0.1) is 0 Å². The highest BCUT2D eigenvalue weighted by Gasteiger charge is 2.51. The van der Waals surface area contributed by atoms with Gasteiger partial charge in [-0.1, -0.05) is 250 Å². The minimum Gasteiger partial charge on any atom is -0.462 e. The molecule has 6 atom stereocenters. The SMILES string of the molecule is CCCCCCC/C=C\C/C=C\CCCCCCCCCCCCCC(=O)OC(COC(=O)CCCCCCCCCCCCCCCCCCCCCCC)COP(=O)(O)OC1C(O)C(O)C(O)C(O)C1O. The molecule has 0 aromatic rings.